The van der Waals surface area contributed by atoms with Crippen LogP contribution in [0.15, 0.2) is 30.6 Å². The lowest BCUT2D eigenvalue weighted by Gasteiger charge is -2.26. The quantitative estimate of drug-likeness (QED) is 0.885. The molecule has 1 fully saturated rings. The van der Waals surface area contributed by atoms with E-state index in [1.165, 1.54) is 5.56 Å². The smallest absolute Gasteiger partial charge is 0.125 e. The highest BCUT2D eigenvalue weighted by Gasteiger charge is 2.28. The highest BCUT2D eigenvalue weighted by Crippen LogP contribution is 2.31. The first-order chi connectivity index (χ1) is 11.5. The fourth-order valence-electron chi connectivity index (χ4n) is 3.56. The molecule has 0 unspecified atom stereocenters. The first kappa shape index (κ1) is 17.0. The number of aliphatic hydroxyl groups is 1. The van der Waals surface area contributed by atoms with Crippen LogP contribution in [0.25, 0.3) is 0 Å². The van der Waals surface area contributed by atoms with Crippen LogP contribution in [-0.4, -0.2) is 45.6 Å². The standard InChI is InChI=1S/C19H27N3O2/c1-14-6-4-7-15(2)19(14)24-13-17(23)12-22-9-5-8-18(22)16-10-20-21(3)11-16/h4,6-7,10-11,17-18,23H,5,8-9,12-13H2,1-3H3/t17-,18+/m1/s1. The molecule has 1 aromatic heterocycles. The highest BCUT2D eigenvalue weighted by molar-refractivity contribution is 5.39. The predicted octanol–water partition coefficient (Wildman–Crippen LogP) is 2.61. The molecule has 1 aromatic carbocycles. The van der Waals surface area contributed by atoms with Crippen LogP contribution in [-0.2, 0) is 7.05 Å². The molecule has 3 rings (SSSR count). The molecular formula is C19H27N3O2. The van der Waals surface area contributed by atoms with Crippen LogP contribution in [0.4, 0.5) is 0 Å². The van der Waals surface area contributed by atoms with Gasteiger partial charge in [0.25, 0.3) is 0 Å². The number of hydrogen-bond acceptors (Lipinski definition) is 4. The molecule has 1 aliphatic rings. The van der Waals surface area contributed by atoms with Crippen LogP contribution in [0.5, 0.6) is 5.75 Å². The van der Waals surface area contributed by atoms with Gasteiger partial charge in [0.05, 0.1) is 6.20 Å². The highest BCUT2D eigenvalue weighted by atomic mass is 16.5. The van der Waals surface area contributed by atoms with Gasteiger partial charge in [-0.15, -0.1) is 0 Å². The van der Waals surface area contributed by atoms with E-state index in [-0.39, 0.29) is 0 Å². The average molecular weight is 329 g/mol. The second-order valence-corrected chi connectivity index (χ2v) is 6.79. The molecule has 1 saturated heterocycles. The Hall–Kier alpha value is -1.85. The molecule has 0 amide bonds. The lowest BCUT2D eigenvalue weighted by atomic mass is 10.1. The molecule has 0 aliphatic carbocycles. The Kier molecular flexibility index (Phi) is 5.21. The number of hydrogen-bond donors (Lipinski definition) is 1. The number of aromatic nitrogens is 2. The van der Waals surface area contributed by atoms with Gasteiger partial charge < -0.3 is 9.84 Å². The average Bonchev–Trinajstić information content (AvgIpc) is 3.15. The number of benzene rings is 1. The third-order valence-corrected chi connectivity index (χ3v) is 4.75. The largest absolute Gasteiger partial charge is 0.490 e. The molecule has 2 heterocycles. The molecule has 24 heavy (non-hydrogen) atoms. The van der Waals surface area contributed by atoms with Crippen LogP contribution < -0.4 is 4.74 Å². The normalized spacial score (nSPS) is 19.6. The van der Waals surface area contributed by atoms with E-state index in [0.717, 1.165) is 36.3 Å². The van der Waals surface area contributed by atoms with E-state index in [1.807, 2.05) is 50.0 Å². The second kappa shape index (κ2) is 7.36. The Morgan fingerprint density at radius 3 is 2.75 bits per heavy atom. The van der Waals surface area contributed by atoms with Gasteiger partial charge in [0.15, 0.2) is 0 Å². The predicted molar refractivity (Wildman–Crippen MR) is 94.2 cm³/mol. The summed E-state index contributed by atoms with van der Waals surface area (Å²) in [7, 11) is 1.94. The van der Waals surface area contributed by atoms with Crippen molar-refractivity contribution < 1.29 is 9.84 Å². The van der Waals surface area contributed by atoms with Crippen molar-refractivity contribution in [3.05, 3.63) is 47.3 Å². The summed E-state index contributed by atoms with van der Waals surface area (Å²) in [5, 5.41) is 14.7. The zero-order valence-electron chi connectivity index (χ0n) is 14.8. The number of para-hydroxylation sites is 1. The van der Waals surface area contributed by atoms with Crippen molar-refractivity contribution in [2.75, 3.05) is 19.7 Å². The van der Waals surface area contributed by atoms with Crippen LogP contribution in [0.3, 0.4) is 0 Å². The molecule has 0 saturated carbocycles. The van der Waals surface area contributed by atoms with Crippen LogP contribution >= 0.6 is 0 Å². The van der Waals surface area contributed by atoms with E-state index in [2.05, 4.69) is 16.2 Å². The van der Waals surface area contributed by atoms with Crippen LogP contribution in [0, 0.1) is 13.8 Å². The monoisotopic (exact) mass is 329 g/mol. The van der Waals surface area contributed by atoms with Gasteiger partial charge in [0.1, 0.15) is 18.5 Å². The summed E-state index contributed by atoms with van der Waals surface area (Å²) in [5.74, 6) is 0.891. The van der Waals surface area contributed by atoms with Gasteiger partial charge in [0.2, 0.25) is 0 Å². The maximum Gasteiger partial charge on any atom is 0.125 e. The van der Waals surface area contributed by atoms with Gasteiger partial charge in [-0.3, -0.25) is 9.58 Å². The number of aliphatic hydroxyl groups excluding tert-OH is 1. The van der Waals surface area contributed by atoms with E-state index < -0.39 is 6.10 Å². The number of likely N-dealkylation sites (tertiary alicyclic amines) is 1. The van der Waals surface area contributed by atoms with E-state index in [9.17, 15) is 5.11 Å². The number of ether oxygens (including phenoxy) is 1. The number of β-amino-alcohol motifs (C(OH)–C–C–N with tert-alkyl or cyclic N) is 1. The fourth-order valence-corrected chi connectivity index (χ4v) is 3.56. The molecular weight excluding hydrogens is 302 g/mol. The molecule has 130 valence electrons. The molecule has 5 heteroatoms. The minimum atomic E-state index is -0.499. The minimum absolute atomic E-state index is 0.321. The first-order valence-corrected chi connectivity index (χ1v) is 8.64. The number of aryl methyl sites for hydroxylation is 3. The maximum atomic E-state index is 10.4. The molecule has 0 bridgehead atoms. The van der Waals surface area contributed by atoms with E-state index >= 15 is 0 Å². The Morgan fingerprint density at radius 1 is 1.33 bits per heavy atom. The summed E-state index contributed by atoms with van der Waals surface area (Å²) in [6, 6.07) is 6.45. The van der Waals surface area contributed by atoms with Crippen molar-refractivity contribution in [3.63, 3.8) is 0 Å². The summed E-state index contributed by atoms with van der Waals surface area (Å²) in [6.07, 6.45) is 5.78. The van der Waals surface area contributed by atoms with Crippen LogP contribution in [0.1, 0.15) is 35.6 Å². The summed E-state index contributed by atoms with van der Waals surface area (Å²) < 4.78 is 7.73. The van der Waals surface area contributed by atoms with Crippen molar-refractivity contribution in [1.29, 1.82) is 0 Å². The van der Waals surface area contributed by atoms with Crippen molar-refractivity contribution in [2.45, 2.75) is 38.8 Å². The summed E-state index contributed by atoms with van der Waals surface area (Å²) in [4.78, 5) is 2.34. The van der Waals surface area contributed by atoms with Gasteiger partial charge >= 0.3 is 0 Å². The van der Waals surface area contributed by atoms with E-state index in [1.54, 1.807) is 0 Å². The van der Waals surface area contributed by atoms with Crippen molar-refractivity contribution in [3.8, 4) is 5.75 Å². The Morgan fingerprint density at radius 2 is 2.08 bits per heavy atom. The van der Waals surface area contributed by atoms with Crippen molar-refractivity contribution in [1.82, 2.24) is 14.7 Å². The number of nitrogens with zero attached hydrogens (tertiary/aromatic N) is 3. The Balaban J connectivity index is 1.57. The Labute approximate surface area is 143 Å². The topological polar surface area (TPSA) is 50.5 Å². The zero-order valence-corrected chi connectivity index (χ0v) is 14.8. The maximum absolute atomic E-state index is 10.4. The first-order valence-electron chi connectivity index (χ1n) is 8.64. The van der Waals surface area contributed by atoms with Crippen LogP contribution in [0.2, 0.25) is 0 Å². The fraction of sp³-hybridized carbons (Fsp3) is 0.526. The van der Waals surface area contributed by atoms with Crippen molar-refractivity contribution in [2.24, 2.45) is 7.05 Å². The SMILES string of the molecule is Cc1cccc(C)c1OC[C@H](O)CN1CCC[C@H]1c1cnn(C)c1. The second-order valence-electron chi connectivity index (χ2n) is 6.79. The molecule has 0 radical (unpaired) electrons. The molecule has 2 aromatic rings. The third-order valence-electron chi connectivity index (χ3n) is 4.75. The van der Waals surface area contributed by atoms with Gasteiger partial charge in [0, 0.05) is 31.4 Å². The van der Waals surface area contributed by atoms with Gasteiger partial charge in [-0.25, -0.2) is 0 Å². The van der Waals surface area contributed by atoms with Crippen molar-refractivity contribution >= 4 is 0 Å². The summed E-state index contributed by atoms with van der Waals surface area (Å²) >= 11 is 0. The number of rotatable bonds is 6. The molecule has 0 spiro atoms. The van der Waals surface area contributed by atoms with Gasteiger partial charge in [-0.1, -0.05) is 18.2 Å². The zero-order chi connectivity index (χ0) is 17.1. The van der Waals surface area contributed by atoms with Gasteiger partial charge in [-0.2, -0.15) is 5.10 Å². The lowest BCUT2D eigenvalue weighted by Crippen LogP contribution is -2.35. The summed E-state index contributed by atoms with van der Waals surface area (Å²) in [5.41, 5.74) is 3.45. The van der Waals surface area contributed by atoms with E-state index in [4.69, 9.17) is 4.74 Å². The molecule has 5 nitrogen and oxygen atoms in total. The minimum Gasteiger partial charge on any atom is -0.490 e. The summed E-state index contributed by atoms with van der Waals surface area (Å²) in [6.45, 7) is 6.04. The Bertz CT molecular complexity index is 663. The molecule has 1 aliphatic heterocycles. The third kappa shape index (κ3) is 3.79. The van der Waals surface area contributed by atoms with Gasteiger partial charge in [-0.05, 0) is 44.4 Å². The van der Waals surface area contributed by atoms with E-state index in [0.29, 0.717) is 19.2 Å². The molecule has 2 atom stereocenters. The lowest BCUT2D eigenvalue weighted by molar-refractivity contribution is 0.0634. The molecule has 1 N–H and O–H groups in total.